The highest BCUT2D eigenvalue weighted by Crippen LogP contribution is 2.45. The smallest absolute Gasteiger partial charge is 0.416 e. The van der Waals surface area contributed by atoms with Gasteiger partial charge in [0.05, 0.1) is 17.7 Å². The van der Waals surface area contributed by atoms with Crippen molar-refractivity contribution in [3.63, 3.8) is 0 Å². The maximum absolute atomic E-state index is 13.7. The van der Waals surface area contributed by atoms with Gasteiger partial charge >= 0.3 is 12.1 Å². The summed E-state index contributed by atoms with van der Waals surface area (Å²) < 4.78 is 67.0. The number of allylic oxidation sites excluding steroid dienone is 2. The van der Waals surface area contributed by atoms with Gasteiger partial charge in [-0.15, -0.1) is 0 Å². The quantitative estimate of drug-likeness (QED) is 0.289. The van der Waals surface area contributed by atoms with E-state index in [0.29, 0.717) is 35.4 Å². The topological polar surface area (TPSA) is 64.6 Å². The number of carbonyl (C=O) groups is 1. The van der Waals surface area contributed by atoms with Crippen LogP contribution in [0.4, 0.5) is 18.9 Å². The van der Waals surface area contributed by atoms with Crippen molar-refractivity contribution in [3.8, 4) is 5.75 Å². The van der Waals surface area contributed by atoms with E-state index in [1.165, 1.54) is 12.3 Å². The molecular weight excluding hydrogens is 515 g/mol. The second kappa shape index (κ2) is 11.9. The van der Waals surface area contributed by atoms with Crippen LogP contribution in [0.3, 0.4) is 0 Å². The number of hydrogen-bond acceptors (Lipinski definition) is 4. The van der Waals surface area contributed by atoms with E-state index in [0.717, 1.165) is 35.3 Å². The summed E-state index contributed by atoms with van der Waals surface area (Å²) in [6.45, 7) is 2.09. The summed E-state index contributed by atoms with van der Waals surface area (Å²) >= 11 is 0. The Balaban J connectivity index is 1.83. The van der Waals surface area contributed by atoms with Gasteiger partial charge in [-0.2, -0.15) is 13.2 Å². The molecule has 5 nitrogen and oxygen atoms in total. The number of carbonyl (C=O) groups excluding carboxylic acids is 1. The number of alkyl halides is 3. The van der Waals surface area contributed by atoms with Gasteiger partial charge in [0.15, 0.2) is 0 Å². The molecule has 0 aliphatic heterocycles. The SMILES string of the molecule is CCOC(=O)c1cc(NS(C)=O)cc(C2=C(c3cc(C(F)(F)F)ccc3OCc3ccccc3)CCC2)c1. The Morgan fingerprint density at radius 3 is 2.42 bits per heavy atom. The monoisotopic (exact) mass is 543 g/mol. The Morgan fingerprint density at radius 2 is 1.74 bits per heavy atom. The van der Waals surface area contributed by atoms with Gasteiger partial charge in [-0.3, -0.25) is 0 Å². The second-order valence-electron chi connectivity index (χ2n) is 8.87. The lowest BCUT2D eigenvalue weighted by molar-refractivity contribution is -0.137. The van der Waals surface area contributed by atoms with Crippen LogP contribution in [0.2, 0.25) is 0 Å². The molecule has 0 aromatic heterocycles. The summed E-state index contributed by atoms with van der Waals surface area (Å²) in [5.74, 6) is -0.184. The molecule has 3 aromatic carbocycles. The summed E-state index contributed by atoms with van der Waals surface area (Å²) in [4.78, 5) is 12.5. The molecule has 0 radical (unpaired) electrons. The Labute approximate surface area is 222 Å². The maximum atomic E-state index is 13.7. The fourth-order valence-corrected chi connectivity index (χ4v) is 4.97. The third-order valence-corrected chi connectivity index (χ3v) is 6.66. The third-order valence-electron chi connectivity index (χ3n) is 6.14. The van der Waals surface area contributed by atoms with Gasteiger partial charge in [0.1, 0.15) is 23.3 Å². The summed E-state index contributed by atoms with van der Waals surface area (Å²) in [5.41, 5.74) is 3.41. The van der Waals surface area contributed by atoms with Crippen LogP contribution in [0, 0.1) is 0 Å². The molecule has 0 saturated carbocycles. The number of ether oxygens (including phenoxy) is 2. The predicted octanol–water partition coefficient (Wildman–Crippen LogP) is 7.26. The van der Waals surface area contributed by atoms with Gasteiger partial charge in [0, 0.05) is 17.5 Å². The van der Waals surface area contributed by atoms with Gasteiger partial charge in [0.2, 0.25) is 0 Å². The van der Waals surface area contributed by atoms with Crippen molar-refractivity contribution >= 4 is 33.8 Å². The van der Waals surface area contributed by atoms with E-state index < -0.39 is 28.7 Å². The van der Waals surface area contributed by atoms with Crippen molar-refractivity contribution in [3.05, 3.63) is 94.5 Å². The summed E-state index contributed by atoms with van der Waals surface area (Å²) in [6, 6.07) is 17.9. The molecular formula is C29H28F3NO4S. The number of anilines is 1. The molecule has 0 spiro atoms. The Kier molecular flexibility index (Phi) is 8.56. The molecule has 200 valence electrons. The first-order valence-electron chi connectivity index (χ1n) is 12.2. The van der Waals surface area contributed by atoms with Gasteiger partial charge < -0.3 is 14.2 Å². The van der Waals surface area contributed by atoms with E-state index >= 15 is 0 Å². The Hall–Kier alpha value is -3.59. The van der Waals surface area contributed by atoms with E-state index in [-0.39, 0.29) is 18.8 Å². The van der Waals surface area contributed by atoms with Crippen LogP contribution in [0.1, 0.15) is 58.8 Å². The largest absolute Gasteiger partial charge is 0.488 e. The summed E-state index contributed by atoms with van der Waals surface area (Å²) in [5, 5.41) is 0. The minimum Gasteiger partial charge on any atom is -0.488 e. The molecule has 38 heavy (non-hydrogen) atoms. The van der Waals surface area contributed by atoms with Crippen molar-refractivity contribution in [2.45, 2.75) is 39.0 Å². The average molecular weight is 544 g/mol. The highest BCUT2D eigenvalue weighted by Gasteiger charge is 2.32. The molecule has 1 aliphatic carbocycles. The molecule has 1 aliphatic rings. The zero-order valence-electron chi connectivity index (χ0n) is 21.1. The van der Waals surface area contributed by atoms with Crippen LogP contribution in [-0.4, -0.2) is 23.0 Å². The zero-order valence-corrected chi connectivity index (χ0v) is 21.9. The van der Waals surface area contributed by atoms with E-state index in [1.54, 1.807) is 25.1 Å². The van der Waals surface area contributed by atoms with Crippen LogP contribution in [0.5, 0.6) is 5.75 Å². The fraction of sp³-hybridized carbons (Fsp3) is 0.276. The van der Waals surface area contributed by atoms with Crippen LogP contribution in [0.25, 0.3) is 11.1 Å². The summed E-state index contributed by atoms with van der Waals surface area (Å²) in [7, 11) is -1.40. The van der Waals surface area contributed by atoms with E-state index in [4.69, 9.17) is 9.47 Å². The molecule has 1 N–H and O–H groups in total. The van der Waals surface area contributed by atoms with Gasteiger partial charge in [0.25, 0.3) is 0 Å². The van der Waals surface area contributed by atoms with E-state index in [1.807, 2.05) is 30.3 Å². The van der Waals surface area contributed by atoms with Gasteiger partial charge in [-0.05, 0) is 84.9 Å². The first-order chi connectivity index (χ1) is 18.2. The highest BCUT2D eigenvalue weighted by molar-refractivity contribution is 7.85. The highest BCUT2D eigenvalue weighted by atomic mass is 32.2. The van der Waals surface area contributed by atoms with Crippen LogP contribution in [0.15, 0.2) is 66.7 Å². The molecule has 0 heterocycles. The molecule has 0 amide bonds. The normalized spacial score (nSPS) is 14.3. The molecule has 9 heteroatoms. The van der Waals surface area contributed by atoms with E-state index in [9.17, 15) is 22.2 Å². The molecule has 0 saturated heterocycles. The Bertz CT molecular complexity index is 1370. The minimum atomic E-state index is -4.52. The maximum Gasteiger partial charge on any atom is 0.416 e. The molecule has 3 aromatic rings. The predicted molar refractivity (Wildman–Crippen MR) is 143 cm³/mol. The van der Waals surface area contributed by atoms with Crippen molar-refractivity contribution in [2.75, 3.05) is 17.6 Å². The third kappa shape index (κ3) is 6.64. The standard InChI is InChI=1S/C29H28F3NO4S/c1-3-36-28(34)21-14-20(15-23(16-21)33-38(2)35)24-10-7-11-25(24)26-17-22(29(30,31)32)12-13-27(26)37-18-19-8-5-4-6-9-19/h4-6,8-9,12-17,33H,3,7,10-11,18H2,1-2H3. The van der Waals surface area contributed by atoms with Crippen molar-refractivity contribution in [1.29, 1.82) is 0 Å². The zero-order chi connectivity index (χ0) is 27.3. The van der Waals surface area contributed by atoms with Crippen molar-refractivity contribution < 1.29 is 31.6 Å². The molecule has 1 atom stereocenters. The van der Waals surface area contributed by atoms with Crippen molar-refractivity contribution in [2.24, 2.45) is 0 Å². The fourth-order valence-electron chi connectivity index (χ4n) is 4.52. The van der Waals surface area contributed by atoms with Crippen LogP contribution in [-0.2, 0) is 28.5 Å². The number of nitrogens with one attached hydrogen (secondary N) is 1. The van der Waals surface area contributed by atoms with Crippen molar-refractivity contribution in [1.82, 2.24) is 0 Å². The van der Waals surface area contributed by atoms with E-state index in [2.05, 4.69) is 4.72 Å². The summed E-state index contributed by atoms with van der Waals surface area (Å²) in [6.07, 6.45) is -1.17. The lowest BCUT2D eigenvalue weighted by atomic mass is 9.93. The van der Waals surface area contributed by atoms with Crippen LogP contribution < -0.4 is 9.46 Å². The Morgan fingerprint density at radius 1 is 1.00 bits per heavy atom. The first-order valence-corrected chi connectivity index (χ1v) is 13.7. The number of benzene rings is 3. The number of halogens is 3. The van der Waals surface area contributed by atoms with Gasteiger partial charge in [-0.25, -0.2) is 9.00 Å². The van der Waals surface area contributed by atoms with Crippen LogP contribution >= 0.6 is 0 Å². The second-order valence-corrected chi connectivity index (χ2v) is 9.98. The molecule has 1 unspecified atom stereocenters. The minimum absolute atomic E-state index is 0.186. The molecule has 0 bridgehead atoms. The number of esters is 1. The lowest BCUT2D eigenvalue weighted by Gasteiger charge is -2.18. The molecule has 0 fully saturated rings. The molecule has 4 rings (SSSR count). The number of hydrogen-bond donors (Lipinski definition) is 1. The lowest BCUT2D eigenvalue weighted by Crippen LogP contribution is -2.08. The number of rotatable bonds is 9. The average Bonchev–Trinajstić information content (AvgIpc) is 3.37. The van der Waals surface area contributed by atoms with Gasteiger partial charge in [-0.1, -0.05) is 30.3 Å². The first kappa shape index (κ1) is 27.4.